The molecule has 2 atom stereocenters. The number of aliphatic hydroxyl groups is 1. The molecule has 0 aliphatic heterocycles. The lowest BCUT2D eigenvalue weighted by Gasteiger charge is -2.26. The van der Waals surface area contributed by atoms with E-state index in [9.17, 15) is 5.11 Å². The van der Waals surface area contributed by atoms with Crippen LogP contribution in [-0.4, -0.2) is 30.4 Å². The summed E-state index contributed by atoms with van der Waals surface area (Å²) in [6.07, 6.45) is 4.38. The Morgan fingerprint density at radius 2 is 2.00 bits per heavy atom. The van der Waals surface area contributed by atoms with Crippen LogP contribution < -0.4 is 10.1 Å². The lowest BCUT2D eigenvalue weighted by atomic mass is 9.88. The number of ether oxygens (including phenoxy) is 1. The van der Waals surface area contributed by atoms with Crippen LogP contribution in [0.2, 0.25) is 0 Å². The van der Waals surface area contributed by atoms with Crippen molar-refractivity contribution in [3.8, 4) is 5.75 Å². The highest BCUT2D eigenvalue weighted by Gasteiger charge is 2.18. The van der Waals surface area contributed by atoms with Crippen molar-refractivity contribution in [3.63, 3.8) is 0 Å². The number of hydrogen-bond donors (Lipinski definition) is 2. The molecular weight excluding hydrogens is 350 g/mol. The van der Waals surface area contributed by atoms with Gasteiger partial charge in [-0.05, 0) is 54.7 Å². The number of fused-ring (bicyclic) bond motifs is 2. The zero-order chi connectivity index (χ0) is 17.1. The second-order valence-electron chi connectivity index (χ2n) is 6.70. The van der Waals surface area contributed by atoms with Gasteiger partial charge in [-0.15, -0.1) is 12.4 Å². The van der Waals surface area contributed by atoms with Gasteiger partial charge in [0.1, 0.15) is 24.0 Å². The van der Waals surface area contributed by atoms with E-state index < -0.39 is 6.10 Å². The molecule has 26 heavy (non-hydrogen) atoms. The van der Waals surface area contributed by atoms with E-state index in [1.165, 1.54) is 11.1 Å². The van der Waals surface area contributed by atoms with Gasteiger partial charge in [0, 0.05) is 18.0 Å². The molecular formula is C21H24ClNO3. The van der Waals surface area contributed by atoms with E-state index in [0.717, 1.165) is 36.0 Å². The highest BCUT2D eigenvalue weighted by Crippen LogP contribution is 2.22. The molecule has 2 N–H and O–H groups in total. The minimum absolute atomic E-state index is 0. The van der Waals surface area contributed by atoms with Gasteiger partial charge in [0.2, 0.25) is 0 Å². The molecule has 2 aromatic carbocycles. The fourth-order valence-corrected chi connectivity index (χ4v) is 3.46. The normalized spacial score (nSPS) is 17.3. The van der Waals surface area contributed by atoms with Gasteiger partial charge in [-0.3, -0.25) is 0 Å². The number of aryl methyl sites for hydroxylation is 1. The fourth-order valence-electron chi connectivity index (χ4n) is 3.46. The van der Waals surface area contributed by atoms with Crippen molar-refractivity contribution < 1.29 is 14.3 Å². The zero-order valence-corrected chi connectivity index (χ0v) is 15.4. The van der Waals surface area contributed by atoms with Crippen LogP contribution in [0.25, 0.3) is 11.0 Å². The molecule has 0 fully saturated rings. The van der Waals surface area contributed by atoms with Crippen LogP contribution in [0, 0.1) is 0 Å². The van der Waals surface area contributed by atoms with Crippen LogP contribution in [0.4, 0.5) is 0 Å². The van der Waals surface area contributed by atoms with Crippen molar-refractivity contribution in [3.05, 3.63) is 65.9 Å². The molecule has 1 aliphatic carbocycles. The minimum Gasteiger partial charge on any atom is -0.491 e. The molecule has 5 heteroatoms. The summed E-state index contributed by atoms with van der Waals surface area (Å²) in [6, 6.07) is 16.6. The monoisotopic (exact) mass is 373 g/mol. The van der Waals surface area contributed by atoms with Crippen molar-refractivity contribution in [1.82, 2.24) is 5.32 Å². The molecule has 1 heterocycles. The van der Waals surface area contributed by atoms with E-state index in [1.54, 1.807) is 6.26 Å². The third kappa shape index (κ3) is 4.39. The Balaban J connectivity index is 0.00000196. The lowest BCUT2D eigenvalue weighted by Crippen LogP contribution is -2.40. The summed E-state index contributed by atoms with van der Waals surface area (Å²) >= 11 is 0. The Hall–Kier alpha value is -2.01. The summed E-state index contributed by atoms with van der Waals surface area (Å²) in [4.78, 5) is 0. The lowest BCUT2D eigenvalue weighted by molar-refractivity contribution is 0.103. The first-order valence-electron chi connectivity index (χ1n) is 8.86. The highest BCUT2D eigenvalue weighted by atomic mass is 35.5. The Bertz CT molecular complexity index is 848. The predicted molar refractivity (Wildman–Crippen MR) is 105 cm³/mol. The Morgan fingerprint density at radius 1 is 1.15 bits per heavy atom. The number of hydrogen-bond acceptors (Lipinski definition) is 4. The standard InChI is InChI=1S/C21H23NO3.ClH/c23-19(14-25-20-7-8-21-17(12-20)9-10-24-21)13-22-18-6-5-15-3-1-2-4-16(15)11-18;/h1-4,7-10,12,18-19,22-23H,5-6,11,13-14H2;1H. The summed E-state index contributed by atoms with van der Waals surface area (Å²) in [5, 5.41) is 14.7. The summed E-state index contributed by atoms with van der Waals surface area (Å²) in [6.45, 7) is 0.820. The zero-order valence-electron chi connectivity index (χ0n) is 14.6. The summed E-state index contributed by atoms with van der Waals surface area (Å²) in [5.74, 6) is 0.750. The van der Waals surface area contributed by atoms with Crippen molar-refractivity contribution >= 4 is 23.4 Å². The molecule has 0 spiro atoms. The van der Waals surface area contributed by atoms with Crippen LogP contribution in [0.1, 0.15) is 17.5 Å². The number of halogens is 1. The van der Waals surface area contributed by atoms with Crippen LogP contribution >= 0.6 is 12.4 Å². The Labute approximate surface area is 159 Å². The summed E-state index contributed by atoms with van der Waals surface area (Å²) in [7, 11) is 0. The van der Waals surface area contributed by atoms with Crippen LogP contribution in [0.3, 0.4) is 0 Å². The molecule has 1 aromatic heterocycles. The van der Waals surface area contributed by atoms with Gasteiger partial charge in [-0.25, -0.2) is 0 Å². The summed E-state index contributed by atoms with van der Waals surface area (Å²) < 4.78 is 11.0. The molecule has 0 amide bonds. The average Bonchev–Trinajstić information content (AvgIpc) is 3.12. The first-order chi connectivity index (χ1) is 12.3. The smallest absolute Gasteiger partial charge is 0.134 e. The van der Waals surface area contributed by atoms with Gasteiger partial charge < -0.3 is 19.6 Å². The SMILES string of the molecule is Cl.OC(CNC1CCc2ccccc2C1)COc1ccc2occc2c1. The van der Waals surface area contributed by atoms with E-state index in [4.69, 9.17) is 9.15 Å². The van der Waals surface area contributed by atoms with Crippen LogP contribution in [0.15, 0.2) is 59.2 Å². The second kappa shape index (κ2) is 8.58. The van der Waals surface area contributed by atoms with Crippen molar-refractivity contribution in [2.75, 3.05) is 13.2 Å². The third-order valence-electron chi connectivity index (χ3n) is 4.86. The van der Waals surface area contributed by atoms with E-state index in [0.29, 0.717) is 12.6 Å². The molecule has 3 aromatic rings. The maximum Gasteiger partial charge on any atom is 0.134 e. The number of benzene rings is 2. The predicted octanol–water partition coefficient (Wildman–Crippen LogP) is 3.74. The molecule has 2 unspecified atom stereocenters. The number of furan rings is 1. The molecule has 4 nitrogen and oxygen atoms in total. The Morgan fingerprint density at radius 3 is 2.88 bits per heavy atom. The number of rotatable bonds is 6. The van der Waals surface area contributed by atoms with E-state index in [1.807, 2.05) is 24.3 Å². The maximum atomic E-state index is 10.2. The van der Waals surface area contributed by atoms with E-state index in [2.05, 4.69) is 29.6 Å². The van der Waals surface area contributed by atoms with Crippen molar-refractivity contribution in [1.29, 1.82) is 0 Å². The fraction of sp³-hybridized carbons (Fsp3) is 0.333. The molecule has 4 rings (SSSR count). The van der Waals surface area contributed by atoms with Gasteiger partial charge >= 0.3 is 0 Å². The molecule has 0 saturated heterocycles. The van der Waals surface area contributed by atoms with Crippen LogP contribution in [-0.2, 0) is 12.8 Å². The molecule has 0 saturated carbocycles. The molecule has 0 radical (unpaired) electrons. The molecule has 138 valence electrons. The van der Waals surface area contributed by atoms with Gasteiger partial charge in [0.05, 0.1) is 6.26 Å². The maximum absolute atomic E-state index is 10.2. The second-order valence-corrected chi connectivity index (χ2v) is 6.70. The van der Waals surface area contributed by atoms with Gasteiger partial charge in [-0.1, -0.05) is 24.3 Å². The van der Waals surface area contributed by atoms with Gasteiger partial charge in [-0.2, -0.15) is 0 Å². The number of aliphatic hydroxyl groups excluding tert-OH is 1. The minimum atomic E-state index is -0.530. The molecule has 0 bridgehead atoms. The first-order valence-corrected chi connectivity index (χ1v) is 8.86. The van der Waals surface area contributed by atoms with E-state index in [-0.39, 0.29) is 19.0 Å². The quantitative estimate of drug-likeness (QED) is 0.691. The number of nitrogens with one attached hydrogen (secondary N) is 1. The van der Waals surface area contributed by atoms with Crippen LogP contribution in [0.5, 0.6) is 5.75 Å². The Kier molecular flexibility index (Phi) is 6.20. The molecule has 1 aliphatic rings. The average molecular weight is 374 g/mol. The van der Waals surface area contributed by atoms with E-state index >= 15 is 0 Å². The van der Waals surface area contributed by atoms with Gasteiger partial charge in [0.25, 0.3) is 0 Å². The first kappa shape index (κ1) is 18.8. The highest BCUT2D eigenvalue weighted by molar-refractivity contribution is 5.85. The third-order valence-corrected chi connectivity index (χ3v) is 4.86. The topological polar surface area (TPSA) is 54.6 Å². The largest absolute Gasteiger partial charge is 0.491 e. The van der Waals surface area contributed by atoms with Crippen molar-refractivity contribution in [2.45, 2.75) is 31.4 Å². The van der Waals surface area contributed by atoms with Gasteiger partial charge in [0.15, 0.2) is 0 Å². The summed E-state index contributed by atoms with van der Waals surface area (Å²) in [5.41, 5.74) is 3.72. The van der Waals surface area contributed by atoms with Crippen molar-refractivity contribution in [2.24, 2.45) is 0 Å².